The van der Waals surface area contributed by atoms with Crippen molar-refractivity contribution in [3.63, 3.8) is 0 Å². The minimum atomic E-state index is 0.780. The first kappa shape index (κ1) is 17.6. The van der Waals surface area contributed by atoms with Gasteiger partial charge in [0.25, 0.3) is 0 Å². The maximum Gasteiger partial charge on any atom is 0.0472 e. The van der Waals surface area contributed by atoms with Crippen molar-refractivity contribution in [3.05, 3.63) is 87.0 Å². The molecule has 2 rings (SSSR count). The Morgan fingerprint density at radius 3 is 1.33 bits per heavy atom. The molecule has 0 amide bonds. The van der Waals surface area contributed by atoms with Crippen LogP contribution in [0.3, 0.4) is 0 Å². The zero-order valence-corrected chi connectivity index (χ0v) is 14.3. The van der Waals surface area contributed by atoms with Gasteiger partial charge in [-0.15, -0.1) is 26.3 Å². The van der Waals surface area contributed by atoms with Crippen molar-refractivity contribution >= 4 is 22.1 Å². The van der Waals surface area contributed by atoms with E-state index in [1.165, 1.54) is 22.1 Å². The van der Waals surface area contributed by atoms with E-state index in [0.29, 0.717) is 0 Å². The molecule has 0 bridgehead atoms. The van der Waals surface area contributed by atoms with E-state index >= 15 is 0 Å². The Morgan fingerprint density at radius 2 is 1.00 bits per heavy atom. The van der Waals surface area contributed by atoms with Crippen LogP contribution in [0.15, 0.2) is 87.0 Å². The fourth-order valence-corrected chi connectivity index (χ4v) is 2.99. The summed E-state index contributed by atoms with van der Waals surface area (Å²) in [5.41, 5.74) is 2.39. The van der Waals surface area contributed by atoms with E-state index in [2.05, 4.69) is 72.5 Å². The van der Waals surface area contributed by atoms with Gasteiger partial charge in [-0.25, -0.2) is 0 Å². The van der Waals surface area contributed by atoms with Gasteiger partial charge in [-0.2, -0.15) is 0 Å². The zero-order chi connectivity index (χ0) is 17.4. The van der Waals surface area contributed by atoms with Gasteiger partial charge in [0.1, 0.15) is 0 Å². The summed E-state index contributed by atoms with van der Waals surface area (Å²) in [6.45, 7) is 18.7. The molecule has 0 aliphatic carbocycles. The molecule has 0 atom stereocenters. The highest BCUT2D eigenvalue weighted by atomic mass is 15.1. The lowest BCUT2D eigenvalue weighted by atomic mass is 10.0. The van der Waals surface area contributed by atoms with E-state index in [1.54, 1.807) is 0 Å². The van der Waals surface area contributed by atoms with Gasteiger partial charge in [0.2, 0.25) is 0 Å². The van der Waals surface area contributed by atoms with Crippen molar-refractivity contribution in [2.45, 2.75) is 0 Å². The molecule has 124 valence electrons. The van der Waals surface area contributed by atoms with E-state index in [1.807, 2.05) is 24.3 Å². The minimum absolute atomic E-state index is 0.780. The topological polar surface area (TPSA) is 6.48 Å². The highest BCUT2D eigenvalue weighted by molar-refractivity contribution is 6.04. The van der Waals surface area contributed by atoms with E-state index in [4.69, 9.17) is 0 Å². The fourth-order valence-electron chi connectivity index (χ4n) is 2.99. The molecule has 2 aromatic carbocycles. The number of anilines is 2. The smallest absolute Gasteiger partial charge is 0.0472 e. The molecule has 0 heterocycles. The Balaban J connectivity index is 2.67. The quantitative estimate of drug-likeness (QED) is 0.556. The van der Waals surface area contributed by atoms with Crippen molar-refractivity contribution in [2.75, 3.05) is 36.0 Å². The second kappa shape index (κ2) is 8.78. The number of nitrogens with zero attached hydrogens (tertiary/aromatic N) is 2. The monoisotopic (exact) mass is 318 g/mol. The minimum Gasteiger partial charge on any atom is -0.364 e. The molecule has 0 aliphatic heterocycles. The van der Waals surface area contributed by atoms with Gasteiger partial charge in [-0.3, -0.25) is 0 Å². The second-order valence-electron chi connectivity index (χ2n) is 5.62. The molecule has 24 heavy (non-hydrogen) atoms. The van der Waals surface area contributed by atoms with E-state index < -0.39 is 0 Å². The summed E-state index contributed by atoms with van der Waals surface area (Å²) in [4.78, 5) is 4.57. The summed E-state index contributed by atoms with van der Waals surface area (Å²) in [5.74, 6) is 0. The molecular weight excluding hydrogens is 292 g/mol. The Kier molecular flexibility index (Phi) is 6.44. The molecular formula is C22H26N2. The molecule has 2 heteroatoms. The molecule has 0 aliphatic rings. The highest BCUT2D eigenvalue weighted by Crippen LogP contribution is 2.35. The van der Waals surface area contributed by atoms with Gasteiger partial charge < -0.3 is 9.80 Å². The van der Waals surface area contributed by atoms with Crippen molar-refractivity contribution < 1.29 is 0 Å². The standard InChI is InChI=1S/C22H26N2/c1-5-15-23(16-6-2)20-13-9-11-19-12-10-14-21(22(19)20)24(17-7-3)18-8-4/h5-14H,1-4,15-18H2. The SMILES string of the molecule is C=CCN(CC=C)c1cccc2cccc(N(CC=C)CC=C)c12. The van der Waals surface area contributed by atoms with Gasteiger partial charge in [0.05, 0.1) is 0 Å². The number of hydrogen-bond acceptors (Lipinski definition) is 2. The van der Waals surface area contributed by atoms with E-state index in [0.717, 1.165) is 26.2 Å². The van der Waals surface area contributed by atoms with Crippen LogP contribution < -0.4 is 9.80 Å². The Labute approximate surface area is 145 Å². The number of rotatable bonds is 10. The van der Waals surface area contributed by atoms with Crippen LogP contribution in [-0.4, -0.2) is 26.2 Å². The molecule has 2 nitrogen and oxygen atoms in total. The fraction of sp³-hybridized carbons (Fsp3) is 0.182. The maximum absolute atomic E-state index is 3.89. The summed E-state index contributed by atoms with van der Waals surface area (Å²) in [5, 5.41) is 2.47. The highest BCUT2D eigenvalue weighted by Gasteiger charge is 2.14. The van der Waals surface area contributed by atoms with Crippen LogP contribution in [0, 0.1) is 0 Å². The predicted octanol–water partition coefficient (Wildman–Crippen LogP) is 5.20. The normalized spacial score (nSPS) is 10.2. The predicted molar refractivity (Wildman–Crippen MR) is 109 cm³/mol. The van der Waals surface area contributed by atoms with Crippen LogP contribution in [0.5, 0.6) is 0 Å². The van der Waals surface area contributed by atoms with Gasteiger partial charge in [-0.05, 0) is 17.5 Å². The van der Waals surface area contributed by atoms with Gasteiger partial charge in [0.15, 0.2) is 0 Å². The molecule has 0 N–H and O–H groups in total. The van der Waals surface area contributed by atoms with Crippen LogP contribution in [0.1, 0.15) is 0 Å². The van der Waals surface area contributed by atoms with Crippen molar-refractivity contribution in [1.29, 1.82) is 0 Å². The molecule has 0 aromatic heterocycles. The van der Waals surface area contributed by atoms with Crippen LogP contribution in [0.25, 0.3) is 10.8 Å². The average Bonchev–Trinajstić information content (AvgIpc) is 2.60. The van der Waals surface area contributed by atoms with Crippen LogP contribution >= 0.6 is 0 Å². The van der Waals surface area contributed by atoms with E-state index in [9.17, 15) is 0 Å². The third-order valence-electron chi connectivity index (χ3n) is 3.94. The van der Waals surface area contributed by atoms with Crippen molar-refractivity contribution in [3.8, 4) is 0 Å². The number of hydrogen-bond donors (Lipinski definition) is 0. The molecule has 0 radical (unpaired) electrons. The third kappa shape index (κ3) is 3.77. The Morgan fingerprint density at radius 1 is 0.625 bits per heavy atom. The van der Waals surface area contributed by atoms with Crippen LogP contribution in [0.2, 0.25) is 0 Å². The first-order valence-corrected chi connectivity index (χ1v) is 8.22. The molecule has 0 saturated heterocycles. The van der Waals surface area contributed by atoms with Gasteiger partial charge in [-0.1, -0.05) is 48.6 Å². The molecule has 2 aromatic rings. The lowest BCUT2D eigenvalue weighted by Crippen LogP contribution is -2.26. The van der Waals surface area contributed by atoms with E-state index in [-0.39, 0.29) is 0 Å². The maximum atomic E-state index is 3.89. The van der Waals surface area contributed by atoms with Gasteiger partial charge in [0, 0.05) is 42.9 Å². The molecule has 0 saturated carbocycles. The average molecular weight is 318 g/mol. The Bertz CT molecular complexity index is 651. The number of fused-ring (bicyclic) bond motifs is 1. The third-order valence-corrected chi connectivity index (χ3v) is 3.94. The van der Waals surface area contributed by atoms with Crippen molar-refractivity contribution in [1.82, 2.24) is 0 Å². The number of benzene rings is 2. The van der Waals surface area contributed by atoms with Gasteiger partial charge >= 0.3 is 0 Å². The Hall–Kier alpha value is -2.74. The second-order valence-corrected chi connectivity index (χ2v) is 5.62. The summed E-state index contributed by atoms with van der Waals surface area (Å²) in [6.07, 6.45) is 7.71. The largest absolute Gasteiger partial charge is 0.364 e. The summed E-state index contributed by atoms with van der Waals surface area (Å²) in [7, 11) is 0. The summed E-state index contributed by atoms with van der Waals surface area (Å²) < 4.78 is 0. The zero-order valence-electron chi connectivity index (χ0n) is 14.3. The summed E-state index contributed by atoms with van der Waals surface area (Å²) >= 11 is 0. The molecule has 0 fully saturated rings. The first-order chi connectivity index (χ1) is 11.8. The lowest BCUT2D eigenvalue weighted by molar-refractivity contribution is 0.950. The van der Waals surface area contributed by atoms with Crippen molar-refractivity contribution in [2.24, 2.45) is 0 Å². The van der Waals surface area contributed by atoms with Crippen LogP contribution in [0.4, 0.5) is 11.4 Å². The lowest BCUT2D eigenvalue weighted by Gasteiger charge is -2.28. The molecule has 0 unspecified atom stereocenters. The summed E-state index contributed by atoms with van der Waals surface area (Å²) in [6, 6.07) is 12.8. The first-order valence-electron chi connectivity index (χ1n) is 8.22. The van der Waals surface area contributed by atoms with Crippen LogP contribution in [-0.2, 0) is 0 Å². The molecule has 0 spiro atoms.